The molecule has 0 aromatic carbocycles. The Kier molecular flexibility index (Phi) is 4.35. The maximum Gasteiger partial charge on any atom is 0.317 e. The third-order valence-electron chi connectivity index (χ3n) is 2.95. The average molecular weight is 200 g/mol. The standard InChI is InChI=1S/C10H20N2O2/c1-3-12(8-10(13)14)7-9-5-4-6-11(9)2/h9H,3-8H2,1-2H3,(H,13,14)/t9-/m0/s1. The average Bonchev–Trinajstić information content (AvgIpc) is 2.50. The van der Waals surface area contributed by atoms with Gasteiger partial charge in [0.1, 0.15) is 0 Å². The van der Waals surface area contributed by atoms with Gasteiger partial charge >= 0.3 is 5.97 Å². The predicted molar refractivity (Wildman–Crippen MR) is 55.4 cm³/mol. The van der Waals surface area contributed by atoms with Crippen LogP contribution in [0, 0.1) is 0 Å². The Hall–Kier alpha value is -0.610. The molecule has 0 unspecified atom stereocenters. The quantitative estimate of drug-likeness (QED) is 0.701. The summed E-state index contributed by atoms with van der Waals surface area (Å²) < 4.78 is 0. The predicted octanol–water partition coefficient (Wildman–Crippen LogP) is 0.487. The number of nitrogens with zero attached hydrogens (tertiary/aromatic N) is 2. The maximum absolute atomic E-state index is 10.6. The highest BCUT2D eigenvalue weighted by Gasteiger charge is 2.23. The van der Waals surface area contributed by atoms with E-state index in [4.69, 9.17) is 5.11 Å². The first-order valence-corrected chi connectivity index (χ1v) is 5.28. The van der Waals surface area contributed by atoms with Gasteiger partial charge in [0.15, 0.2) is 0 Å². The molecule has 0 spiro atoms. The Balaban J connectivity index is 2.35. The molecule has 0 aliphatic carbocycles. The first-order chi connectivity index (χ1) is 6.63. The molecule has 0 radical (unpaired) electrons. The van der Waals surface area contributed by atoms with Gasteiger partial charge in [-0.15, -0.1) is 0 Å². The van der Waals surface area contributed by atoms with Crippen molar-refractivity contribution in [2.24, 2.45) is 0 Å². The number of rotatable bonds is 5. The van der Waals surface area contributed by atoms with Crippen molar-refractivity contribution in [1.29, 1.82) is 0 Å². The minimum Gasteiger partial charge on any atom is -0.480 e. The third-order valence-corrected chi connectivity index (χ3v) is 2.95. The molecule has 1 rings (SSSR count). The van der Waals surface area contributed by atoms with Gasteiger partial charge in [-0.25, -0.2) is 0 Å². The second-order valence-electron chi connectivity index (χ2n) is 4.00. The van der Waals surface area contributed by atoms with E-state index in [1.807, 2.05) is 11.8 Å². The molecule has 1 saturated heterocycles. The van der Waals surface area contributed by atoms with Crippen molar-refractivity contribution in [3.05, 3.63) is 0 Å². The van der Waals surface area contributed by atoms with Crippen molar-refractivity contribution in [2.45, 2.75) is 25.8 Å². The number of likely N-dealkylation sites (N-methyl/N-ethyl adjacent to an activating group) is 2. The monoisotopic (exact) mass is 200 g/mol. The smallest absolute Gasteiger partial charge is 0.317 e. The zero-order valence-corrected chi connectivity index (χ0v) is 9.07. The number of aliphatic carboxylic acids is 1. The van der Waals surface area contributed by atoms with E-state index in [0.717, 1.165) is 19.6 Å². The fraction of sp³-hybridized carbons (Fsp3) is 0.900. The Labute approximate surface area is 85.5 Å². The second-order valence-corrected chi connectivity index (χ2v) is 4.00. The fourth-order valence-electron chi connectivity index (χ4n) is 2.00. The molecule has 1 fully saturated rings. The van der Waals surface area contributed by atoms with E-state index in [-0.39, 0.29) is 6.54 Å². The number of hydrogen-bond acceptors (Lipinski definition) is 3. The first kappa shape index (κ1) is 11.5. The van der Waals surface area contributed by atoms with Gasteiger partial charge in [-0.2, -0.15) is 0 Å². The topological polar surface area (TPSA) is 43.8 Å². The van der Waals surface area contributed by atoms with E-state index in [2.05, 4.69) is 11.9 Å². The van der Waals surface area contributed by atoms with Crippen LogP contribution in [0.5, 0.6) is 0 Å². The molecule has 1 heterocycles. The normalized spacial score (nSPS) is 23.2. The van der Waals surface area contributed by atoms with Gasteiger partial charge in [-0.05, 0) is 33.0 Å². The summed E-state index contributed by atoms with van der Waals surface area (Å²) >= 11 is 0. The van der Waals surface area contributed by atoms with Gasteiger partial charge < -0.3 is 10.0 Å². The van der Waals surface area contributed by atoms with Crippen molar-refractivity contribution < 1.29 is 9.90 Å². The van der Waals surface area contributed by atoms with E-state index < -0.39 is 5.97 Å². The van der Waals surface area contributed by atoms with E-state index in [9.17, 15) is 4.79 Å². The summed E-state index contributed by atoms with van der Waals surface area (Å²) in [6, 6.07) is 0.550. The summed E-state index contributed by atoms with van der Waals surface area (Å²) in [4.78, 5) is 14.9. The van der Waals surface area contributed by atoms with Crippen molar-refractivity contribution in [3.63, 3.8) is 0 Å². The van der Waals surface area contributed by atoms with Crippen molar-refractivity contribution in [2.75, 3.05) is 33.2 Å². The van der Waals surface area contributed by atoms with E-state index in [0.29, 0.717) is 6.04 Å². The van der Waals surface area contributed by atoms with E-state index in [1.54, 1.807) is 0 Å². The summed E-state index contributed by atoms with van der Waals surface area (Å²) in [5.41, 5.74) is 0. The van der Waals surface area contributed by atoms with Gasteiger partial charge in [-0.1, -0.05) is 6.92 Å². The van der Waals surface area contributed by atoms with Crippen LogP contribution in [0.1, 0.15) is 19.8 Å². The van der Waals surface area contributed by atoms with Crippen LogP contribution in [-0.4, -0.2) is 60.1 Å². The molecular formula is C10H20N2O2. The third kappa shape index (κ3) is 3.27. The molecule has 82 valence electrons. The molecule has 1 atom stereocenters. The SMILES string of the molecule is CCN(CC(=O)O)C[C@@H]1CCCN1C. The Morgan fingerprint density at radius 2 is 2.36 bits per heavy atom. The number of carboxylic acids is 1. The zero-order chi connectivity index (χ0) is 10.6. The Bertz CT molecular complexity index is 197. The molecule has 4 heteroatoms. The number of carboxylic acid groups (broad SMARTS) is 1. The number of carbonyl (C=O) groups is 1. The second kappa shape index (κ2) is 5.32. The summed E-state index contributed by atoms with van der Waals surface area (Å²) in [6.07, 6.45) is 2.44. The largest absolute Gasteiger partial charge is 0.480 e. The molecule has 0 bridgehead atoms. The molecule has 4 nitrogen and oxygen atoms in total. The van der Waals surface area contributed by atoms with Crippen LogP contribution in [-0.2, 0) is 4.79 Å². The summed E-state index contributed by atoms with van der Waals surface area (Å²) in [7, 11) is 2.12. The van der Waals surface area contributed by atoms with Crippen LogP contribution >= 0.6 is 0 Å². The van der Waals surface area contributed by atoms with Gasteiger partial charge in [0.05, 0.1) is 6.54 Å². The molecule has 1 aliphatic heterocycles. The summed E-state index contributed by atoms with van der Waals surface area (Å²) in [6.45, 7) is 5.03. The molecule has 1 N–H and O–H groups in total. The van der Waals surface area contributed by atoms with E-state index in [1.165, 1.54) is 12.8 Å². The lowest BCUT2D eigenvalue weighted by molar-refractivity contribution is -0.138. The van der Waals surface area contributed by atoms with Crippen LogP contribution < -0.4 is 0 Å². The van der Waals surface area contributed by atoms with Crippen molar-refractivity contribution in [3.8, 4) is 0 Å². The van der Waals surface area contributed by atoms with Gasteiger partial charge in [0, 0.05) is 12.6 Å². The van der Waals surface area contributed by atoms with Crippen LogP contribution in [0.25, 0.3) is 0 Å². The van der Waals surface area contributed by atoms with Crippen LogP contribution in [0.15, 0.2) is 0 Å². The molecule has 0 aromatic rings. The summed E-state index contributed by atoms with van der Waals surface area (Å²) in [5, 5.41) is 8.70. The number of likely N-dealkylation sites (tertiary alicyclic amines) is 1. The zero-order valence-electron chi connectivity index (χ0n) is 9.07. The molecule has 0 saturated carbocycles. The number of hydrogen-bond donors (Lipinski definition) is 1. The lowest BCUT2D eigenvalue weighted by Gasteiger charge is -2.26. The highest BCUT2D eigenvalue weighted by molar-refractivity contribution is 5.69. The van der Waals surface area contributed by atoms with Crippen LogP contribution in [0.4, 0.5) is 0 Å². The lowest BCUT2D eigenvalue weighted by Crippen LogP contribution is -2.40. The highest BCUT2D eigenvalue weighted by Crippen LogP contribution is 2.15. The lowest BCUT2D eigenvalue weighted by atomic mass is 10.2. The molecule has 14 heavy (non-hydrogen) atoms. The molecule has 0 aromatic heterocycles. The van der Waals surface area contributed by atoms with Gasteiger partial charge in [-0.3, -0.25) is 9.69 Å². The van der Waals surface area contributed by atoms with Gasteiger partial charge in [0.2, 0.25) is 0 Å². The highest BCUT2D eigenvalue weighted by atomic mass is 16.4. The minimum atomic E-state index is -0.729. The van der Waals surface area contributed by atoms with Crippen LogP contribution in [0.2, 0.25) is 0 Å². The summed E-state index contributed by atoms with van der Waals surface area (Å²) in [5.74, 6) is -0.729. The van der Waals surface area contributed by atoms with E-state index >= 15 is 0 Å². The Morgan fingerprint density at radius 1 is 1.64 bits per heavy atom. The molecule has 0 amide bonds. The maximum atomic E-state index is 10.6. The Morgan fingerprint density at radius 3 is 2.79 bits per heavy atom. The van der Waals surface area contributed by atoms with Gasteiger partial charge in [0.25, 0.3) is 0 Å². The van der Waals surface area contributed by atoms with Crippen molar-refractivity contribution in [1.82, 2.24) is 9.80 Å². The van der Waals surface area contributed by atoms with Crippen LogP contribution in [0.3, 0.4) is 0 Å². The molecular weight excluding hydrogens is 180 g/mol. The minimum absolute atomic E-state index is 0.167. The van der Waals surface area contributed by atoms with Crippen molar-refractivity contribution >= 4 is 5.97 Å². The first-order valence-electron chi connectivity index (χ1n) is 5.28. The fourth-order valence-corrected chi connectivity index (χ4v) is 2.00. The molecule has 1 aliphatic rings.